The van der Waals surface area contributed by atoms with E-state index in [2.05, 4.69) is 28.5 Å². The van der Waals surface area contributed by atoms with E-state index in [1.54, 1.807) is 6.07 Å². The molecule has 2 N–H and O–H groups in total. The number of anilines is 1. The summed E-state index contributed by atoms with van der Waals surface area (Å²) in [5.41, 5.74) is 0.531. The van der Waals surface area contributed by atoms with Crippen LogP contribution in [0.15, 0.2) is 11.4 Å². The molecule has 1 saturated heterocycles. The third-order valence-corrected chi connectivity index (χ3v) is 4.32. The maximum atomic E-state index is 12.0. The summed E-state index contributed by atoms with van der Waals surface area (Å²) >= 11 is 1.38. The number of carbonyl (C=O) groups excluding carboxylic acids is 1. The summed E-state index contributed by atoms with van der Waals surface area (Å²) in [6, 6.07) is 4.30. The lowest BCUT2D eigenvalue weighted by Gasteiger charge is -2.23. The highest BCUT2D eigenvalue weighted by Crippen LogP contribution is 2.21. The van der Waals surface area contributed by atoms with Crippen LogP contribution in [0.4, 0.5) is 5.00 Å². The third-order valence-electron chi connectivity index (χ3n) is 3.49. The molecule has 1 aliphatic rings. The lowest BCUT2D eigenvalue weighted by Crippen LogP contribution is -2.41. The van der Waals surface area contributed by atoms with Gasteiger partial charge in [-0.15, -0.1) is 11.3 Å². The van der Waals surface area contributed by atoms with Gasteiger partial charge in [0.2, 0.25) is 5.91 Å². The standard InChI is InChI=1S/C14H20N4OS/c1-2-18(9-12-4-3-6-16-12)10-13(19)17-14-11(8-15)5-7-20-14/h5,7,12,16H,2-4,6,9-10H2,1H3,(H,17,19). The van der Waals surface area contributed by atoms with Crippen molar-refractivity contribution in [1.29, 1.82) is 5.26 Å². The van der Waals surface area contributed by atoms with E-state index in [1.165, 1.54) is 24.2 Å². The normalized spacial score (nSPS) is 18.1. The fourth-order valence-corrected chi connectivity index (χ4v) is 3.15. The van der Waals surface area contributed by atoms with E-state index in [-0.39, 0.29) is 5.91 Å². The van der Waals surface area contributed by atoms with Gasteiger partial charge < -0.3 is 10.6 Å². The molecule has 6 heteroatoms. The van der Waals surface area contributed by atoms with Gasteiger partial charge in [-0.3, -0.25) is 9.69 Å². The van der Waals surface area contributed by atoms with E-state index in [1.807, 2.05) is 5.38 Å². The van der Waals surface area contributed by atoms with Gasteiger partial charge in [0.1, 0.15) is 11.1 Å². The van der Waals surface area contributed by atoms with Crippen LogP contribution in [0.25, 0.3) is 0 Å². The van der Waals surface area contributed by atoms with Crippen molar-refractivity contribution in [2.45, 2.75) is 25.8 Å². The first kappa shape index (κ1) is 15.0. The minimum absolute atomic E-state index is 0.0520. The molecule has 0 aromatic carbocycles. The van der Waals surface area contributed by atoms with Crippen LogP contribution in [-0.2, 0) is 4.79 Å². The van der Waals surface area contributed by atoms with Crippen LogP contribution in [0.3, 0.4) is 0 Å². The first-order valence-electron chi connectivity index (χ1n) is 6.96. The fourth-order valence-electron chi connectivity index (χ4n) is 2.39. The van der Waals surface area contributed by atoms with Crippen molar-refractivity contribution in [2.75, 3.05) is 31.5 Å². The Hall–Kier alpha value is -1.42. The number of hydrogen-bond donors (Lipinski definition) is 2. The Kier molecular flexibility index (Phi) is 5.53. The molecule has 0 spiro atoms. The molecule has 1 fully saturated rings. The molecular formula is C14H20N4OS. The molecule has 1 aromatic rings. The highest BCUT2D eigenvalue weighted by Gasteiger charge is 2.19. The molecule has 0 aliphatic carbocycles. The molecule has 108 valence electrons. The Morgan fingerprint density at radius 2 is 2.55 bits per heavy atom. The average Bonchev–Trinajstić information content (AvgIpc) is 3.09. The van der Waals surface area contributed by atoms with Gasteiger partial charge >= 0.3 is 0 Å². The molecular weight excluding hydrogens is 272 g/mol. The second-order valence-corrected chi connectivity index (χ2v) is 5.86. The number of carbonyl (C=O) groups is 1. The fraction of sp³-hybridized carbons (Fsp3) is 0.571. The molecule has 20 heavy (non-hydrogen) atoms. The highest BCUT2D eigenvalue weighted by molar-refractivity contribution is 7.14. The summed E-state index contributed by atoms with van der Waals surface area (Å²) in [4.78, 5) is 14.2. The second kappa shape index (κ2) is 7.39. The molecule has 2 rings (SSSR count). The van der Waals surface area contributed by atoms with Crippen LogP contribution >= 0.6 is 11.3 Å². The average molecular weight is 292 g/mol. The van der Waals surface area contributed by atoms with Gasteiger partial charge in [0.15, 0.2) is 0 Å². The zero-order valence-electron chi connectivity index (χ0n) is 11.7. The Morgan fingerprint density at radius 3 is 3.20 bits per heavy atom. The first-order chi connectivity index (χ1) is 9.72. The van der Waals surface area contributed by atoms with Gasteiger partial charge in [0.25, 0.3) is 0 Å². The first-order valence-corrected chi connectivity index (χ1v) is 7.84. The summed E-state index contributed by atoms with van der Waals surface area (Å²) < 4.78 is 0. The summed E-state index contributed by atoms with van der Waals surface area (Å²) in [6.07, 6.45) is 2.40. The van der Waals surface area contributed by atoms with E-state index in [4.69, 9.17) is 5.26 Å². The van der Waals surface area contributed by atoms with E-state index >= 15 is 0 Å². The number of amides is 1. The van der Waals surface area contributed by atoms with Crippen molar-refractivity contribution in [1.82, 2.24) is 10.2 Å². The van der Waals surface area contributed by atoms with Gasteiger partial charge in [-0.1, -0.05) is 6.92 Å². The SMILES string of the molecule is CCN(CC(=O)Nc1sccc1C#N)CC1CCCN1. The largest absolute Gasteiger partial charge is 0.315 e. The van der Waals surface area contributed by atoms with Crippen LogP contribution in [-0.4, -0.2) is 43.0 Å². The van der Waals surface area contributed by atoms with Crippen LogP contribution in [0.5, 0.6) is 0 Å². The molecule has 0 radical (unpaired) electrons. The lowest BCUT2D eigenvalue weighted by molar-refractivity contribution is -0.117. The van der Waals surface area contributed by atoms with E-state index in [0.717, 1.165) is 19.6 Å². The molecule has 1 amide bonds. The molecule has 5 nitrogen and oxygen atoms in total. The predicted octanol–water partition coefficient (Wildman–Crippen LogP) is 1.63. The van der Waals surface area contributed by atoms with Gasteiger partial charge in [0.05, 0.1) is 12.1 Å². The summed E-state index contributed by atoms with van der Waals surface area (Å²) in [7, 11) is 0. The molecule has 0 bridgehead atoms. The molecule has 1 aliphatic heterocycles. The van der Waals surface area contributed by atoms with Crippen molar-refractivity contribution in [3.8, 4) is 6.07 Å². The van der Waals surface area contributed by atoms with Crippen molar-refractivity contribution in [3.05, 3.63) is 17.0 Å². The van der Waals surface area contributed by atoms with E-state index in [9.17, 15) is 4.79 Å². The van der Waals surface area contributed by atoms with Gasteiger partial charge in [0, 0.05) is 12.6 Å². The lowest BCUT2D eigenvalue weighted by atomic mass is 10.2. The molecule has 2 heterocycles. The van der Waals surface area contributed by atoms with Crippen molar-refractivity contribution in [2.24, 2.45) is 0 Å². The van der Waals surface area contributed by atoms with Crippen LogP contribution in [0.2, 0.25) is 0 Å². The number of nitrogens with zero attached hydrogens (tertiary/aromatic N) is 2. The van der Waals surface area contributed by atoms with Crippen LogP contribution < -0.4 is 10.6 Å². The number of nitriles is 1. The van der Waals surface area contributed by atoms with Gasteiger partial charge in [-0.05, 0) is 37.4 Å². The number of nitrogens with one attached hydrogen (secondary N) is 2. The number of likely N-dealkylation sites (N-methyl/N-ethyl adjacent to an activating group) is 1. The summed E-state index contributed by atoms with van der Waals surface area (Å²) in [5, 5.41) is 17.7. The van der Waals surface area contributed by atoms with Crippen molar-refractivity contribution >= 4 is 22.2 Å². The summed E-state index contributed by atoms with van der Waals surface area (Å²) in [6.45, 7) is 5.27. The Balaban J connectivity index is 1.84. The number of rotatable bonds is 6. The van der Waals surface area contributed by atoms with E-state index < -0.39 is 0 Å². The van der Waals surface area contributed by atoms with E-state index in [0.29, 0.717) is 23.2 Å². The van der Waals surface area contributed by atoms with Crippen molar-refractivity contribution in [3.63, 3.8) is 0 Å². The number of hydrogen-bond acceptors (Lipinski definition) is 5. The van der Waals surface area contributed by atoms with Crippen LogP contribution in [0, 0.1) is 11.3 Å². The molecule has 0 saturated carbocycles. The Bertz CT molecular complexity index is 488. The molecule has 1 unspecified atom stereocenters. The monoisotopic (exact) mass is 292 g/mol. The Morgan fingerprint density at radius 1 is 1.70 bits per heavy atom. The minimum Gasteiger partial charge on any atom is -0.315 e. The highest BCUT2D eigenvalue weighted by atomic mass is 32.1. The Labute approximate surface area is 123 Å². The van der Waals surface area contributed by atoms with Gasteiger partial charge in [-0.25, -0.2) is 0 Å². The number of thiophene rings is 1. The second-order valence-electron chi connectivity index (χ2n) is 4.94. The molecule has 1 atom stereocenters. The minimum atomic E-state index is -0.0520. The van der Waals surface area contributed by atoms with Crippen molar-refractivity contribution < 1.29 is 4.79 Å². The maximum Gasteiger partial charge on any atom is 0.239 e. The molecule has 1 aromatic heterocycles. The third kappa shape index (κ3) is 4.04. The predicted molar refractivity (Wildman–Crippen MR) is 80.8 cm³/mol. The zero-order valence-corrected chi connectivity index (χ0v) is 12.5. The smallest absolute Gasteiger partial charge is 0.239 e. The van der Waals surface area contributed by atoms with Crippen LogP contribution in [0.1, 0.15) is 25.3 Å². The summed E-state index contributed by atoms with van der Waals surface area (Å²) in [5.74, 6) is -0.0520. The maximum absolute atomic E-state index is 12.0. The zero-order chi connectivity index (χ0) is 14.4. The quantitative estimate of drug-likeness (QED) is 0.836. The van der Waals surface area contributed by atoms with Gasteiger partial charge in [-0.2, -0.15) is 5.26 Å². The topological polar surface area (TPSA) is 68.2 Å².